The molecule has 1 aromatic heterocycles. The van der Waals surface area contributed by atoms with Crippen molar-refractivity contribution >= 4 is 17.8 Å². The van der Waals surface area contributed by atoms with Crippen LogP contribution in [-0.4, -0.2) is 66.6 Å². The molecule has 1 atom stereocenters. The maximum Gasteiger partial charge on any atom is 0.433 e. The van der Waals surface area contributed by atoms with E-state index in [1.807, 2.05) is 0 Å². The largest absolute Gasteiger partial charge is 0.509 e. The molecule has 55 heavy (non-hydrogen) atoms. The van der Waals surface area contributed by atoms with Crippen LogP contribution in [0, 0.1) is 23.5 Å². The zero-order chi connectivity index (χ0) is 40.3. The van der Waals surface area contributed by atoms with Crippen molar-refractivity contribution < 1.29 is 59.7 Å². The number of aryl methyl sites for hydroxylation is 1. The Balaban J connectivity index is 1.32. The highest BCUT2D eigenvalue weighted by atomic mass is 19.4. The second-order valence-electron chi connectivity index (χ2n) is 13.1. The number of nitrogens with zero attached hydrogens (tertiary/aromatic N) is 4. The molecule has 5 rings (SSSR count). The maximum atomic E-state index is 15.3. The van der Waals surface area contributed by atoms with Crippen LogP contribution < -0.4 is 5.32 Å². The van der Waals surface area contributed by atoms with Gasteiger partial charge in [0.15, 0.2) is 11.6 Å². The van der Waals surface area contributed by atoms with Crippen LogP contribution in [0.25, 0.3) is 11.3 Å². The summed E-state index contributed by atoms with van der Waals surface area (Å²) in [5.41, 5.74) is -5.40. The highest BCUT2D eigenvalue weighted by molar-refractivity contribution is 6.19. The van der Waals surface area contributed by atoms with Crippen LogP contribution in [0.2, 0.25) is 0 Å². The monoisotopic (exact) mass is 779 g/mol. The molecule has 1 saturated heterocycles. The average Bonchev–Trinajstić information content (AvgIpc) is 3.52. The molecule has 2 aliphatic heterocycles. The number of rotatable bonds is 11. The molecule has 1 unspecified atom stereocenters. The summed E-state index contributed by atoms with van der Waals surface area (Å²) < 4.78 is 111. The van der Waals surface area contributed by atoms with Crippen LogP contribution in [0.4, 0.5) is 35.1 Å². The number of alkyl halides is 6. The van der Waals surface area contributed by atoms with Gasteiger partial charge in [0.1, 0.15) is 23.4 Å². The molecule has 292 valence electrons. The van der Waals surface area contributed by atoms with Crippen LogP contribution in [0.3, 0.4) is 0 Å². The third-order valence-corrected chi connectivity index (χ3v) is 9.29. The zero-order valence-electron chi connectivity index (χ0n) is 29.0. The Hall–Kier alpha value is -5.57. The third kappa shape index (κ3) is 8.88. The van der Waals surface area contributed by atoms with Crippen LogP contribution in [0.1, 0.15) is 73.4 Å². The molecule has 10 nitrogen and oxygen atoms in total. The number of carboxylic acid groups (broad SMARTS) is 1. The van der Waals surface area contributed by atoms with Gasteiger partial charge in [0, 0.05) is 37.1 Å². The van der Waals surface area contributed by atoms with Crippen molar-refractivity contribution in [2.45, 2.75) is 76.3 Å². The number of amides is 2. The average molecular weight is 780 g/mol. The Bertz CT molecular complexity index is 2090. The molecule has 0 radical (unpaired) electrons. The first kappa shape index (κ1) is 40.6. The molecule has 3 aromatic rings. The van der Waals surface area contributed by atoms with E-state index in [2.05, 4.69) is 27.1 Å². The number of nitrogens with one attached hydrogen (secondary N) is 1. The summed E-state index contributed by atoms with van der Waals surface area (Å²) in [6.45, 7) is 1.09. The minimum absolute atomic E-state index is 0.0238. The number of fused-ring (bicyclic) bond motifs is 1. The number of hydrogen-bond acceptors (Lipinski definition) is 7. The maximum absolute atomic E-state index is 15.3. The van der Waals surface area contributed by atoms with Crippen LogP contribution in [0.15, 0.2) is 54.1 Å². The molecular weight excluding hydrogens is 746 g/mol. The van der Waals surface area contributed by atoms with E-state index in [-0.39, 0.29) is 67.4 Å². The normalized spacial score (nSPS) is 17.5. The highest BCUT2D eigenvalue weighted by Crippen LogP contribution is 2.42. The van der Waals surface area contributed by atoms with E-state index in [1.54, 1.807) is 6.92 Å². The predicted molar refractivity (Wildman–Crippen MR) is 178 cm³/mol. The quantitative estimate of drug-likeness (QED) is 0.0844. The van der Waals surface area contributed by atoms with Crippen molar-refractivity contribution in [3.8, 4) is 23.1 Å². The summed E-state index contributed by atoms with van der Waals surface area (Å²) in [7, 11) is 0. The lowest BCUT2D eigenvalue weighted by molar-refractivity contribution is -0.161. The number of unbranched alkanes of at least 4 members (excludes halogenated alkanes) is 1. The third-order valence-electron chi connectivity index (χ3n) is 9.29. The lowest BCUT2D eigenvalue weighted by Crippen LogP contribution is -2.60. The Morgan fingerprint density at radius 2 is 1.71 bits per heavy atom. The number of aliphatic carboxylic acids is 1. The molecule has 0 spiro atoms. The second kappa shape index (κ2) is 16.0. The number of aliphatic hydroxyl groups excluding tert-OH is 1. The van der Waals surface area contributed by atoms with Gasteiger partial charge in [0.2, 0.25) is 0 Å². The van der Waals surface area contributed by atoms with Crippen molar-refractivity contribution in [2.24, 2.45) is 0 Å². The molecule has 1 fully saturated rings. The standard InChI is InChI=1S/C37H33F8N5O5/c1-35-14-6-16-50(35)49(19-23-11-10-22(30(38)31(23)39)7-3-2-4-9-28(51)52)34(55)29(32(35)53)33(54)46-15-5-8-21-12-13-24(36(40,41)42)17-25(21)26-18-27(37(43,44)45)48-20-47-26/h10-13,17-18,20,53H,2,4-6,8-9,14-16,19H2,1H3,(H,46,54)(H,51,52). The zero-order valence-corrected chi connectivity index (χ0v) is 29.0. The summed E-state index contributed by atoms with van der Waals surface area (Å²) in [6, 6.07) is 5.47. The molecule has 2 aliphatic rings. The first-order chi connectivity index (χ1) is 25.8. The second-order valence-corrected chi connectivity index (χ2v) is 13.1. The van der Waals surface area contributed by atoms with Crippen molar-refractivity contribution in [3.63, 3.8) is 0 Å². The number of carboxylic acids is 1. The smallest absolute Gasteiger partial charge is 0.433 e. The van der Waals surface area contributed by atoms with E-state index in [9.17, 15) is 45.8 Å². The van der Waals surface area contributed by atoms with E-state index in [0.717, 1.165) is 17.1 Å². The van der Waals surface area contributed by atoms with Crippen molar-refractivity contribution in [3.05, 3.63) is 93.6 Å². The molecule has 2 aromatic carbocycles. The summed E-state index contributed by atoms with van der Waals surface area (Å²) in [5.74, 6) is -1.11. The molecule has 0 saturated carbocycles. The van der Waals surface area contributed by atoms with Gasteiger partial charge in [0.25, 0.3) is 11.8 Å². The fourth-order valence-electron chi connectivity index (χ4n) is 6.44. The van der Waals surface area contributed by atoms with E-state index in [0.29, 0.717) is 31.3 Å². The van der Waals surface area contributed by atoms with Gasteiger partial charge in [-0.1, -0.05) is 24.0 Å². The van der Waals surface area contributed by atoms with Gasteiger partial charge in [-0.05, 0) is 68.9 Å². The van der Waals surface area contributed by atoms with Gasteiger partial charge in [-0.15, -0.1) is 0 Å². The molecule has 2 amide bonds. The van der Waals surface area contributed by atoms with Crippen molar-refractivity contribution in [1.29, 1.82) is 0 Å². The number of hydrazine groups is 1. The Kier molecular flexibility index (Phi) is 11.8. The predicted octanol–water partition coefficient (Wildman–Crippen LogP) is 6.74. The van der Waals surface area contributed by atoms with Crippen LogP contribution >= 0.6 is 0 Å². The minimum Gasteiger partial charge on any atom is -0.509 e. The fourth-order valence-corrected chi connectivity index (χ4v) is 6.44. The van der Waals surface area contributed by atoms with Gasteiger partial charge in [0.05, 0.1) is 28.9 Å². The number of carbonyl (C=O) groups is 3. The Labute approximate surface area is 308 Å². The molecule has 3 heterocycles. The number of hydrogen-bond donors (Lipinski definition) is 3. The van der Waals surface area contributed by atoms with Gasteiger partial charge in [-0.3, -0.25) is 19.4 Å². The van der Waals surface area contributed by atoms with E-state index < -0.39 is 82.1 Å². The van der Waals surface area contributed by atoms with Gasteiger partial charge < -0.3 is 15.5 Å². The van der Waals surface area contributed by atoms with Crippen LogP contribution in [0.5, 0.6) is 0 Å². The van der Waals surface area contributed by atoms with E-state index in [4.69, 9.17) is 5.11 Å². The summed E-state index contributed by atoms with van der Waals surface area (Å²) in [6.07, 6.45) is -8.17. The number of benzene rings is 2. The number of carbonyl (C=O) groups excluding carboxylic acids is 2. The first-order valence-electron chi connectivity index (χ1n) is 16.9. The number of aliphatic hydroxyl groups is 1. The number of halogens is 8. The molecule has 18 heteroatoms. The van der Waals surface area contributed by atoms with E-state index >= 15 is 8.78 Å². The minimum atomic E-state index is -4.89. The topological polar surface area (TPSA) is 136 Å². The Morgan fingerprint density at radius 3 is 2.40 bits per heavy atom. The molecule has 0 bridgehead atoms. The van der Waals surface area contributed by atoms with Crippen molar-refractivity contribution in [2.75, 3.05) is 13.1 Å². The number of aromatic nitrogens is 2. The molecule has 3 N–H and O–H groups in total. The van der Waals surface area contributed by atoms with Gasteiger partial charge >= 0.3 is 18.3 Å². The fraction of sp³-hybridized carbons (Fsp3) is 0.378. The lowest BCUT2D eigenvalue weighted by atomic mass is 9.90. The summed E-state index contributed by atoms with van der Waals surface area (Å²) in [5, 5.41) is 25.0. The summed E-state index contributed by atoms with van der Waals surface area (Å²) in [4.78, 5) is 44.8. The Morgan fingerprint density at radius 1 is 0.982 bits per heavy atom. The van der Waals surface area contributed by atoms with Crippen LogP contribution in [-0.2, 0) is 39.7 Å². The highest BCUT2D eigenvalue weighted by Gasteiger charge is 2.52. The van der Waals surface area contributed by atoms with Crippen molar-refractivity contribution in [1.82, 2.24) is 25.3 Å². The lowest BCUT2D eigenvalue weighted by Gasteiger charge is -2.46. The molecular formula is C37H33F8N5O5. The van der Waals surface area contributed by atoms with Gasteiger partial charge in [-0.2, -0.15) is 26.3 Å². The van der Waals surface area contributed by atoms with Gasteiger partial charge in [-0.25, -0.2) is 23.8 Å². The van der Waals surface area contributed by atoms with E-state index in [1.165, 1.54) is 17.1 Å². The molecule has 0 aliphatic carbocycles. The summed E-state index contributed by atoms with van der Waals surface area (Å²) >= 11 is 0. The SMILES string of the molecule is CC12CCCN1N(Cc1ccc(C#CCCCC(=O)O)c(F)c1F)C(=O)C(C(=O)NCCCc1ccc(C(F)(F)F)cc1-c1cc(C(F)(F)F)ncn1)=C2O. The first-order valence-corrected chi connectivity index (χ1v) is 16.9.